The first-order chi connectivity index (χ1) is 5.16. The quantitative estimate of drug-likeness (QED) is 0.533. The van der Waals surface area contributed by atoms with Crippen LogP contribution in [-0.2, 0) is 0 Å². The molecule has 0 aromatic rings. The lowest BCUT2D eigenvalue weighted by Crippen LogP contribution is -2.31. The van der Waals surface area contributed by atoms with Crippen LogP contribution in [0.4, 0.5) is 0 Å². The summed E-state index contributed by atoms with van der Waals surface area (Å²) in [6, 6.07) is 0. The average molecular weight is 173 g/mol. The Labute approximate surface area is 74.3 Å². The van der Waals surface area contributed by atoms with Gasteiger partial charge in [0.1, 0.15) is 0 Å². The molecule has 3 atom stereocenters. The van der Waals surface area contributed by atoms with E-state index in [-0.39, 0.29) is 0 Å². The Morgan fingerprint density at radius 1 is 1.36 bits per heavy atom. The Morgan fingerprint density at radius 2 is 2.09 bits per heavy atom. The van der Waals surface area contributed by atoms with Crippen molar-refractivity contribution in [1.82, 2.24) is 0 Å². The van der Waals surface area contributed by atoms with Gasteiger partial charge in [0.05, 0.1) is 0 Å². The van der Waals surface area contributed by atoms with Crippen LogP contribution in [0.3, 0.4) is 0 Å². The third-order valence-electron chi connectivity index (χ3n) is 4.22. The predicted octanol–water partition coefficient (Wildman–Crippen LogP) is 3.30. The highest BCUT2D eigenvalue weighted by atomic mass is 35.5. The van der Waals surface area contributed by atoms with Crippen LogP contribution in [0.1, 0.15) is 33.1 Å². The van der Waals surface area contributed by atoms with E-state index in [2.05, 4.69) is 13.8 Å². The van der Waals surface area contributed by atoms with Crippen molar-refractivity contribution in [2.24, 2.45) is 23.2 Å². The second kappa shape index (κ2) is 2.39. The molecule has 0 radical (unpaired) electrons. The summed E-state index contributed by atoms with van der Waals surface area (Å²) in [5, 5.41) is 0. The summed E-state index contributed by atoms with van der Waals surface area (Å²) in [5.41, 5.74) is 0.546. The zero-order valence-electron chi connectivity index (χ0n) is 7.44. The number of rotatable bonds is 1. The number of hydrogen-bond acceptors (Lipinski definition) is 0. The molecule has 0 aromatic carbocycles. The van der Waals surface area contributed by atoms with Crippen molar-refractivity contribution in [3.05, 3.63) is 0 Å². The molecule has 0 aromatic heterocycles. The van der Waals surface area contributed by atoms with Crippen LogP contribution in [0.5, 0.6) is 0 Å². The van der Waals surface area contributed by atoms with E-state index in [9.17, 15) is 0 Å². The zero-order chi connectivity index (χ0) is 8.06. The van der Waals surface area contributed by atoms with Crippen molar-refractivity contribution in [1.29, 1.82) is 0 Å². The molecule has 0 amide bonds. The molecule has 2 aliphatic rings. The van der Waals surface area contributed by atoms with E-state index in [0.717, 1.165) is 23.6 Å². The van der Waals surface area contributed by atoms with Crippen LogP contribution in [0.25, 0.3) is 0 Å². The van der Waals surface area contributed by atoms with Crippen LogP contribution >= 0.6 is 11.6 Å². The van der Waals surface area contributed by atoms with Gasteiger partial charge in [0.25, 0.3) is 0 Å². The van der Waals surface area contributed by atoms with Gasteiger partial charge in [-0.1, -0.05) is 13.8 Å². The summed E-state index contributed by atoms with van der Waals surface area (Å²) in [4.78, 5) is 0. The maximum absolute atomic E-state index is 5.99. The fourth-order valence-corrected chi connectivity index (χ4v) is 3.94. The summed E-state index contributed by atoms with van der Waals surface area (Å²) < 4.78 is 0. The van der Waals surface area contributed by atoms with E-state index in [1.165, 1.54) is 19.3 Å². The minimum atomic E-state index is 0.546. The monoisotopic (exact) mass is 172 g/mol. The van der Waals surface area contributed by atoms with Crippen LogP contribution in [0.15, 0.2) is 0 Å². The molecule has 0 heterocycles. The summed E-state index contributed by atoms with van der Waals surface area (Å²) in [5.74, 6) is 3.64. The first kappa shape index (κ1) is 7.91. The third-order valence-corrected chi connectivity index (χ3v) is 4.55. The standard InChI is InChI=1S/C10H17Cl/c1-10(2)8-4-3-7(5-8)9(10)6-11/h7-9H,3-6H2,1-2H3/t7-,8+,9+/m0/s1. The summed E-state index contributed by atoms with van der Waals surface area (Å²) >= 11 is 5.99. The van der Waals surface area contributed by atoms with Crippen LogP contribution in [0, 0.1) is 23.2 Å². The number of alkyl halides is 1. The van der Waals surface area contributed by atoms with E-state index >= 15 is 0 Å². The molecule has 0 spiro atoms. The Balaban J connectivity index is 2.21. The summed E-state index contributed by atoms with van der Waals surface area (Å²) in [6.45, 7) is 4.81. The SMILES string of the molecule is CC1(C)[C@@H]2CC[C@@H](C2)[C@H]1CCl. The number of fused-ring (bicyclic) bond motifs is 2. The lowest BCUT2D eigenvalue weighted by molar-refractivity contribution is 0.140. The first-order valence-electron chi connectivity index (χ1n) is 4.72. The van der Waals surface area contributed by atoms with Gasteiger partial charge >= 0.3 is 0 Å². The lowest BCUT2D eigenvalue weighted by Gasteiger charge is -2.37. The molecule has 0 nitrogen and oxygen atoms in total. The minimum Gasteiger partial charge on any atom is -0.126 e. The fourth-order valence-electron chi connectivity index (χ4n) is 3.29. The van der Waals surface area contributed by atoms with E-state index in [1.54, 1.807) is 0 Å². The first-order valence-corrected chi connectivity index (χ1v) is 5.25. The molecule has 2 fully saturated rings. The molecule has 1 heteroatoms. The maximum Gasteiger partial charge on any atom is 0.0259 e. The topological polar surface area (TPSA) is 0 Å². The van der Waals surface area contributed by atoms with Crippen molar-refractivity contribution < 1.29 is 0 Å². The zero-order valence-corrected chi connectivity index (χ0v) is 8.19. The largest absolute Gasteiger partial charge is 0.126 e. The molecule has 64 valence electrons. The second-order valence-electron chi connectivity index (χ2n) is 4.85. The highest BCUT2D eigenvalue weighted by Gasteiger charge is 2.51. The Morgan fingerprint density at radius 3 is 2.45 bits per heavy atom. The van der Waals surface area contributed by atoms with Gasteiger partial charge in [-0.2, -0.15) is 0 Å². The fraction of sp³-hybridized carbons (Fsp3) is 1.00. The Hall–Kier alpha value is 0.290. The molecular weight excluding hydrogens is 156 g/mol. The van der Waals surface area contributed by atoms with E-state index in [1.807, 2.05) is 0 Å². The highest BCUT2D eigenvalue weighted by molar-refractivity contribution is 6.18. The number of halogens is 1. The predicted molar refractivity (Wildman–Crippen MR) is 48.8 cm³/mol. The van der Waals surface area contributed by atoms with Gasteiger partial charge in [-0.3, -0.25) is 0 Å². The second-order valence-corrected chi connectivity index (χ2v) is 5.16. The van der Waals surface area contributed by atoms with Crippen molar-refractivity contribution in [2.75, 3.05) is 5.88 Å². The van der Waals surface area contributed by atoms with Gasteiger partial charge in [0.15, 0.2) is 0 Å². The van der Waals surface area contributed by atoms with Gasteiger partial charge < -0.3 is 0 Å². The molecule has 2 rings (SSSR count). The number of hydrogen-bond donors (Lipinski definition) is 0. The van der Waals surface area contributed by atoms with Crippen LogP contribution in [0.2, 0.25) is 0 Å². The van der Waals surface area contributed by atoms with Gasteiger partial charge in [-0.15, -0.1) is 11.6 Å². The van der Waals surface area contributed by atoms with Gasteiger partial charge in [0, 0.05) is 5.88 Å². The minimum absolute atomic E-state index is 0.546. The maximum atomic E-state index is 5.99. The van der Waals surface area contributed by atoms with Crippen molar-refractivity contribution in [2.45, 2.75) is 33.1 Å². The molecule has 0 saturated heterocycles. The van der Waals surface area contributed by atoms with E-state index in [4.69, 9.17) is 11.6 Å². The average Bonchev–Trinajstić information content (AvgIpc) is 2.44. The smallest absolute Gasteiger partial charge is 0.0259 e. The summed E-state index contributed by atoms with van der Waals surface area (Å²) in [7, 11) is 0. The Kier molecular flexibility index (Phi) is 1.72. The third kappa shape index (κ3) is 0.950. The van der Waals surface area contributed by atoms with Crippen molar-refractivity contribution in [3.63, 3.8) is 0 Å². The molecule has 0 unspecified atom stereocenters. The van der Waals surface area contributed by atoms with Crippen LogP contribution in [-0.4, -0.2) is 5.88 Å². The van der Waals surface area contributed by atoms with E-state index < -0.39 is 0 Å². The Bertz CT molecular complexity index is 162. The molecule has 0 aliphatic heterocycles. The van der Waals surface area contributed by atoms with E-state index in [0.29, 0.717) is 5.41 Å². The lowest BCUT2D eigenvalue weighted by atomic mass is 9.69. The molecule has 2 bridgehead atoms. The van der Waals surface area contributed by atoms with Gasteiger partial charge in [0.2, 0.25) is 0 Å². The molecule has 0 N–H and O–H groups in total. The molecule has 2 saturated carbocycles. The molecule has 11 heavy (non-hydrogen) atoms. The molecular formula is C10H17Cl. The van der Waals surface area contributed by atoms with Crippen molar-refractivity contribution in [3.8, 4) is 0 Å². The summed E-state index contributed by atoms with van der Waals surface area (Å²) in [6.07, 6.45) is 4.38. The van der Waals surface area contributed by atoms with Crippen molar-refractivity contribution >= 4 is 11.6 Å². The van der Waals surface area contributed by atoms with Crippen LogP contribution < -0.4 is 0 Å². The normalized spacial score (nSPS) is 46.6. The molecule has 2 aliphatic carbocycles. The highest BCUT2D eigenvalue weighted by Crippen LogP contribution is 2.59. The van der Waals surface area contributed by atoms with Gasteiger partial charge in [-0.25, -0.2) is 0 Å². The van der Waals surface area contributed by atoms with Gasteiger partial charge in [-0.05, 0) is 42.4 Å².